The number of hydrogen-bond donors (Lipinski definition) is 3. The first-order chi connectivity index (χ1) is 10.4. The maximum absolute atomic E-state index is 11.8. The van der Waals surface area contributed by atoms with E-state index in [-0.39, 0.29) is 46.8 Å². The minimum absolute atomic E-state index is 0. The summed E-state index contributed by atoms with van der Waals surface area (Å²) in [5.74, 6) is 0.725. The predicted octanol–water partition coefficient (Wildman–Crippen LogP) is 1.44. The first-order valence-electron chi connectivity index (χ1n) is 6.76. The van der Waals surface area contributed by atoms with Crippen LogP contribution in [0.5, 0.6) is 5.75 Å². The van der Waals surface area contributed by atoms with Crippen LogP contribution in [0.25, 0.3) is 10.9 Å². The van der Waals surface area contributed by atoms with E-state index >= 15 is 0 Å². The van der Waals surface area contributed by atoms with E-state index in [0.717, 1.165) is 11.1 Å². The summed E-state index contributed by atoms with van der Waals surface area (Å²) in [7, 11) is 0. The number of fused-ring (bicyclic) bond motifs is 1. The SMILES string of the molecule is Cc1nc(Nc2nc(C)c3ccc(O)cc3n2)[nH]c(=O)c1C.[NaH]. The molecule has 3 N–H and O–H groups in total. The fourth-order valence-corrected chi connectivity index (χ4v) is 2.14. The van der Waals surface area contributed by atoms with E-state index in [4.69, 9.17) is 0 Å². The zero-order valence-electron chi connectivity index (χ0n) is 12.4. The van der Waals surface area contributed by atoms with Gasteiger partial charge in [0.25, 0.3) is 5.56 Å². The average molecular weight is 321 g/mol. The molecule has 2 heterocycles. The topological polar surface area (TPSA) is 104 Å². The molecule has 114 valence electrons. The summed E-state index contributed by atoms with van der Waals surface area (Å²) in [4.78, 5) is 27.3. The molecule has 0 atom stereocenters. The van der Waals surface area contributed by atoms with E-state index in [2.05, 4.69) is 25.3 Å². The average Bonchev–Trinajstić information content (AvgIpc) is 2.44. The van der Waals surface area contributed by atoms with Crippen molar-refractivity contribution in [3.05, 3.63) is 45.5 Å². The second-order valence-corrected chi connectivity index (χ2v) is 5.08. The van der Waals surface area contributed by atoms with Crippen LogP contribution in [0.3, 0.4) is 0 Å². The van der Waals surface area contributed by atoms with Crippen LogP contribution in [0.2, 0.25) is 0 Å². The Hall–Kier alpha value is -1.96. The second-order valence-electron chi connectivity index (χ2n) is 5.08. The zero-order chi connectivity index (χ0) is 15.9. The van der Waals surface area contributed by atoms with Crippen LogP contribution in [0.1, 0.15) is 17.0 Å². The van der Waals surface area contributed by atoms with Gasteiger partial charge in [-0.2, -0.15) is 0 Å². The third-order valence-corrected chi connectivity index (χ3v) is 3.50. The Kier molecular flexibility index (Phi) is 5.03. The molecule has 0 saturated heterocycles. The van der Waals surface area contributed by atoms with Gasteiger partial charge in [-0.15, -0.1) is 0 Å². The number of aryl methyl sites for hydroxylation is 2. The first kappa shape index (κ1) is 17.4. The van der Waals surface area contributed by atoms with Crippen molar-refractivity contribution in [2.75, 3.05) is 5.32 Å². The number of benzene rings is 1. The molecular weight excluding hydrogens is 305 g/mol. The number of nitrogens with one attached hydrogen (secondary N) is 2. The summed E-state index contributed by atoms with van der Waals surface area (Å²) < 4.78 is 0. The van der Waals surface area contributed by atoms with Gasteiger partial charge in [0, 0.05) is 22.7 Å². The van der Waals surface area contributed by atoms with Crippen molar-refractivity contribution in [3.8, 4) is 5.75 Å². The van der Waals surface area contributed by atoms with Crippen molar-refractivity contribution in [2.24, 2.45) is 0 Å². The van der Waals surface area contributed by atoms with Gasteiger partial charge in [0.1, 0.15) is 5.75 Å². The molecule has 3 rings (SSSR count). The molecule has 0 spiro atoms. The molecule has 0 unspecified atom stereocenters. The molecule has 0 amide bonds. The number of hydrogen-bond acceptors (Lipinski definition) is 6. The van der Waals surface area contributed by atoms with Crippen LogP contribution < -0.4 is 10.9 Å². The van der Waals surface area contributed by atoms with Crippen molar-refractivity contribution in [1.29, 1.82) is 0 Å². The van der Waals surface area contributed by atoms with E-state index in [0.29, 0.717) is 22.7 Å². The fraction of sp³-hybridized carbons (Fsp3) is 0.200. The summed E-state index contributed by atoms with van der Waals surface area (Å²) in [6.07, 6.45) is 0. The summed E-state index contributed by atoms with van der Waals surface area (Å²) in [5, 5.41) is 13.3. The van der Waals surface area contributed by atoms with Crippen LogP contribution in [0, 0.1) is 20.8 Å². The summed E-state index contributed by atoms with van der Waals surface area (Å²) in [6.45, 7) is 5.33. The molecule has 0 aliphatic heterocycles. The van der Waals surface area contributed by atoms with Gasteiger partial charge in [0.2, 0.25) is 11.9 Å². The first-order valence-corrected chi connectivity index (χ1v) is 6.76. The van der Waals surface area contributed by atoms with Gasteiger partial charge in [-0.3, -0.25) is 15.1 Å². The number of phenolic OH excluding ortho intramolecular Hbond substituents is 1. The molecule has 0 aliphatic rings. The number of anilines is 2. The number of aromatic hydroxyl groups is 1. The Morgan fingerprint density at radius 1 is 1.09 bits per heavy atom. The number of rotatable bonds is 2. The Morgan fingerprint density at radius 3 is 2.52 bits per heavy atom. The van der Waals surface area contributed by atoms with Gasteiger partial charge in [0.05, 0.1) is 11.2 Å². The Labute approximate surface area is 154 Å². The van der Waals surface area contributed by atoms with Gasteiger partial charge in [-0.05, 0) is 32.9 Å². The Balaban J connectivity index is 0.00000192. The monoisotopic (exact) mass is 321 g/mol. The van der Waals surface area contributed by atoms with Crippen molar-refractivity contribution < 1.29 is 5.11 Å². The molecule has 0 saturated carbocycles. The van der Waals surface area contributed by atoms with Gasteiger partial charge in [-0.1, -0.05) is 0 Å². The maximum atomic E-state index is 11.8. The molecule has 8 heteroatoms. The fourth-order valence-electron chi connectivity index (χ4n) is 2.14. The molecular formula is C15H16N5NaO2. The Bertz CT molecular complexity index is 939. The van der Waals surface area contributed by atoms with Crippen LogP contribution >= 0.6 is 0 Å². The molecule has 0 radical (unpaired) electrons. The van der Waals surface area contributed by atoms with Gasteiger partial charge < -0.3 is 5.11 Å². The van der Waals surface area contributed by atoms with Crippen molar-refractivity contribution in [2.45, 2.75) is 20.8 Å². The van der Waals surface area contributed by atoms with Crippen LogP contribution in [0.15, 0.2) is 23.0 Å². The summed E-state index contributed by atoms with van der Waals surface area (Å²) in [6, 6.07) is 4.92. The molecule has 2 aromatic heterocycles. The number of phenols is 1. The zero-order valence-corrected chi connectivity index (χ0v) is 12.4. The van der Waals surface area contributed by atoms with Crippen molar-refractivity contribution >= 4 is 52.4 Å². The van der Waals surface area contributed by atoms with Gasteiger partial charge in [0.15, 0.2) is 0 Å². The number of H-pyrrole nitrogens is 1. The minimum atomic E-state index is -0.204. The van der Waals surface area contributed by atoms with Crippen LogP contribution in [-0.4, -0.2) is 54.6 Å². The molecule has 0 bridgehead atoms. The van der Waals surface area contributed by atoms with E-state index in [1.54, 1.807) is 32.0 Å². The van der Waals surface area contributed by atoms with E-state index in [1.807, 2.05) is 6.92 Å². The molecule has 23 heavy (non-hydrogen) atoms. The quantitative estimate of drug-likeness (QED) is 0.617. The molecule has 0 fully saturated rings. The summed E-state index contributed by atoms with van der Waals surface area (Å²) in [5.41, 5.74) is 2.39. The number of aromatic amines is 1. The second kappa shape index (κ2) is 6.66. The van der Waals surface area contributed by atoms with Crippen LogP contribution in [0.4, 0.5) is 11.9 Å². The van der Waals surface area contributed by atoms with E-state index in [1.165, 1.54) is 0 Å². The summed E-state index contributed by atoms with van der Waals surface area (Å²) >= 11 is 0. The van der Waals surface area contributed by atoms with Crippen molar-refractivity contribution in [3.63, 3.8) is 0 Å². The number of aromatic nitrogens is 4. The van der Waals surface area contributed by atoms with Gasteiger partial charge >= 0.3 is 29.6 Å². The third-order valence-electron chi connectivity index (χ3n) is 3.50. The standard InChI is InChI=1S/C15H15N5O2.Na.H/c1-7-8(2)16-15(19-13(7)22)20-14-17-9(3)11-5-4-10(21)6-12(11)18-14;;/h4-6,21H,1-3H3,(H2,16,17,18,19,20,22);;. The molecule has 1 aromatic carbocycles. The van der Waals surface area contributed by atoms with Gasteiger partial charge in [-0.25, -0.2) is 15.0 Å². The molecule has 7 nitrogen and oxygen atoms in total. The van der Waals surface area contributed by atoms with E-state index in [9.17, 15) is 9.90 Å². The number of nitrogens with zero attached hydrogens (tertiary/aromatic N) is 3. The predicted molar refractivity (Wildman–Crippen MR) is 90.7 cm³/mol. The Morgan fingerprint density at radius 2 is 1.83 bits per heavy atom. The third kappa shape index (κ3) is 3.52. The van der Waals surface area contributed by atoms with E-state index < -0.39 is 0 Å². The molecule has 0 aliphatic carbocycles. The normalized spacial score (nSPS) is 10.4. The van der Waals surface area contributed by atoms with Crippen molar-refractivity contribution in [1.82, 2.24) is 19.9 Å². The molecule has 3 aromatic rings. The van der Waals surface area contributed by atoms with Crippen LogP contribution in [-0.2, 0) is 0 Å².